The van der Waals surface area contributed by atoms with Crippen LogP contribution in [-0.2, 0) is 19.2 Å². The van der Waals surface area contributed by atoms with Gasteiger partial charge in [-0.25, -0.2) is 0 Å². The average molecular weight is 437 g/mol. The molecular formula is C22H19N3O7. The highest BCUT2D eigenvalue weighted by atomic mass is 16.6. The van der Waals surface area contributed by atoms with Crippen molar-refractivity contribution in [1.82, 2.24) is 0 Å². The zero-order valence-electron chi connectivity index (χ0n) is 17.1. The van der Waals surface area contributed by atoms with Gasteiger partial charge in [0.15, 0.2) is 0 Å². The summed E-state index contributed by atoms with van der Waals surface area (Å²) in [6.45, 7) is 1.63. The zero-order valence-corrected chi connectivity index (χ0v) is 17.1. The summed E-state index contributed by atoms with van der Waals surface area (Å²) in [4.78, 5) is 62.1. The molecule has 0 aromatic heterocycles. The molecule has 0 radical (unpaired) electrons. The SMILES string of the molecule is Cc1ccc(N2C[C@@H](C(=O)Oc3cccc(N4C(=O)CCC4=O)c3)CC2=O)cc1[N+](=O)[O-]. The summed E-state index contributed by atoms with van der Waals surface area (Å²) >= 11 is 0. The van der Waals surface area contributed by atoms with Gasteiger partial charge in [0.1, 0.15) is 5.75 Å². The average Bonchev–Trinajstić information content (AvgIpc) is 3.30. The van der Waals surface area contributed by atoms with Gasteiger partial charge in [0.05, 0.1) is 22.2 Å². The lowest BCUT2D eigenvalue weighted by atomic mass is 10.1. The summed E-state index contributed by atoms with van der Waals surface area (Å²) < 4.78 is 5.41. The molecule has 2 aliphatic rings. The minimum absolute atomic E-state index is 0.0284. The van der Waals surface area contributed by atoms with E-state index in [9.17, 15) is 29.3 Å². The predicted octanol–water partition coefficient (Wildman–Crippen LogP) is 2.52. The molecule has 32 heavy (non-hydrogen) atoms. The molecule has 2 aliphatic heterocycles. The van der Waals surface area contributed by atoms with E-state index < -0.39 is 16.8 Å². The van der Waals surface area contributed by atoms with E-state index in [-0.39, 0.29) is 55.0 Å². The van der Waals surface area contributed by atoms with Gasteiger partial charge in [-0.3, -0.25) is 34.2 Å². The molecular weight excluding hydrogens is 418 g/mol. The normalized spacial score (nSPS) is 18.4. The molecule has 2 aromatic carbocycles. The topological polar surface area (TPSA) is 127 Å². The molecule has 0 N–H and O–H groups in total. The number of anilines is 2. The summed E-state index contributed by atoms with van der Waals surface area (Å²) in [5.74, 6) is -2.23. The molecule has 3 amide bonds. The van der Waals surface area contributed by atoms with Crippen molar-refractivity contribution in [2.24, 2.45) is 5.92 Å². The molecule has 4 rings (SSSR count). The van der Waals surface area contributed by atoms with E-state index in [2.05, 4.69) is 0 Å². The number of ether oxygens (including phenoxy) is 1. The van der Waals surface area contributed by atoms with Gasteiger partial charge in [0.25, 0.3) is 5.69 Å². The van der Waals surface area contributed by atoms with Crippen LogP contribution in [0.15, 0.2) is 42.5 Å². The molecule has 0 bridgehead atoms. The molecule has 0 aliphatic carbocycles. The molecule has 2 saturated heterocycles. The Balaban J connectivity index is 1.48. The highest BCUT2D eigenvalue weighted by Gasteiger charge is 2.37. The minimum Gasteiger partial charge on any atom is -0.426 e. The van der Waals surface area contributed by atoms with Crippen molar-refractivity contribution in [1.29, 1.82) is 0 Å². The maximum absolute atomic E-state index is 12.7. The first-order valence-electron chi connectivity index (χ1n) is 9.97. The quantitative estimate of drug-likeness (QED) is 0.231. The van der Waals surface area contributed by atoms with E-state index in [1.807, 2.05) is 0 Å². The van der Waals surface area contributed by atoms with Crippen LogP contribution in [0.25, 0.3) is 0 Å². The van der Waals surface area contributed by atoms with E-state index in [1.54, 1.807) is 31.2 Å². The lowest BCUT2D eigenvalue weighted by molar-refractivity contribution is -0.385. The van der Waals surface area contributed by atoms with E-state index >= 15 is 0 Å². The van der Waals surface area contributed by atoms with Crippen molar-refractivity contribution < 1.29 is 28.8 Å². The monoisotopic (exact) mass is 437 g/mol. The molecule has 1 atom stereocenters. The molecule has 2 heterocycles. The second kappa shape index (κ2) is 8.22. The third-order valence-corrected chi connectivity index (χ3v) is 5.51. The predicted molar refractivity (Wildman–Crippen MR) is 112 cm³/mol. The summed E-state index contributed by atoms with van der Waals surface area (Å²) in [5, 5.41) is 11.2. The Morgan fingerprint density at radius 1 is 1.03 bits per heavy atom. The number of carbonyl (C=O) groups excluding carboxylic acids is 4. The van der Waals surface area contributed by atoms with Crippen molar-refractivity contribution in [2.75, 3.05) is 16.3 Å². The zero-order chi connectivity index (χ0) is 23.0. The molecule has 2 aromatic rings. The molecule has 10 nitrogen and oxygen atoms in total. The molecule has 0 spiro atoms. The Labute approximate surface area is 182 Å². The second-order valence-corrected chi connectivity index (χ2v) is 7.67. The number of hydrogen-bond acceptors (Lipinski definition) is 7. The Morgan fingerprint density at radius 3 is 2.44 bits per heavy atom. The smallest absolute Gasteiger partial charge is 0.316 e. The number of hydrogen-bond donors (Lipinski definition) is 0. The summed E-state index contributed by atoms with van der Waals surface area (Å²) in [7, 11) is 0. The van der Waals surface area contributed by atoms with Crippen LogP contribution < -0.4 is 14.5 Å². The first-order chi connectivity index (χ1) is 15.2. The number of imide groups is 1. The third-order valence-electron chi connectivity index (χ3n) is 5.51. The van der Waals surface area contributed by atoms with E-state index in [4.69, 9.17) is 4.74 Å². The van der Waals surface area contributed by atoms with Crippen LogP contribution in [-0.4, -0.2) is 35.2 Å². The first-order valence-corrected chi connectivity index (χ1v) is 9.97. The van der Waals surface area contributed by atoms with Crippen LogP contribution in [0.2, 0.25) is 0 Å². The number of nitro benzene ring substituents is 1. The van der Waals surface area contributed by atoms with E-state index in [0.29, 0.717) is 16.9 Å². The molecule has 164 valence electrons. The number of benzene rings is 2. The van der Waals surface area contributed by atoms with Gasteiger partial charge in [0.2, 0.25) is 17.7 Å². The summed E-state index contributed by atoms with van der Waals surface area (Å²) in [5.41, 5.74) is 1.02. The van der Waals surface area contributed by atoms with Crippen molar-refractivity contribution >= 4 is 40.8 Å². The fraction of sp³-hybridized carbons (Fsp3) is 0.273. The summed E-state index contributed by atoms with van der Waals surface area (Å²) in [6, 6.07) is 10.5. The maximum Gasteiger partial charge on any atom is 0.316 e. The summed E-state index contributed by atoms with van der Waals surface area (Å²) in [6.07, 6.45) is 0.184. The second-order valence-electron chi connectivity index (χ2n) is 7.67. The fourth-order valence-electron chi connectivity index (χ4n) is 3.83. The Kier molecular flexibility index (Phi) is 5.43. The molecule has 10 heteroatoms. The van der Waals surface area contributed by atoms with Gasteiger partial charge in [-0.05, 0) is 25.1 Å². The van der Waals surface area contributed by atoms with Crippen molar-refractivity contribution in [3.8, 4) is 5.75 Å². The van der Waals surface area contributed by atoms with Gasteiger partial charge >= 0.3 is 5.97 Å². The number of aryl methyl sites for hydroxylation is 1. The van der Waals surface area contributed by atoms with Crippen LogP contribution in [0.3, 0.4) is 0 Å². The van der Waals surface area contributed by atoms with Crippen LogP contribution >= 0.6 is 0 Å². The Bertz CT molecular complexity index is 1140. The molecule has 0 unspecified atom stereocenters. The Morgan fingerprint density at radius 2 is 1.75 bits per heavy atom. The standard InChI is InChI=1S/C22H19N3O7/c1-13-5-6-15(11-18(13)25(30)31)23-12-14(9-21(23)28)22(29)32-17-4-2-3-16(10-17)24-19(26)7-8-20(24)27/h2-6,10-11,14H,7-9,12H2,1H3/t14-/m0/s1. The minimum atomic E-state index is -0.762. The first kappa shape index (κ1) is 21.2. The number of rotatable bonds is 5. The highest BCUT2D eigenvalue weighted by Crippen LogP contribution is 2.31. The number of nitrogens with zero attached hydrogens (tertiary/aromatic N) is 3. The van der Waals surface area contributed by atoms with Crippen LogP contribution in [0.5, 0.6) is 5.75 Å². The number of amides is 3. The van der Waals surface area contributed by atoms with Gasteiger partial charge in [-0.15, -0.1) is 0 Å². The largest absolute Gasteiger partial charge is 0.426 e. The number of nitro groups is 1. The molecule has 0 saturated carbocycles. The van der Waals surface area contributed by atoms with Crippen molar-refractivity contribution in [2.45, 2.75) is 26.2 Å². The van der Waals surface area contributed by atoms with E-state index in [0.717, 1.165) is 4.90 Å². The Hall–Kier alpha value is -4.08. The lowest BCUT2D eigenvalue weighted by Gasteiger charge is -2.17. The maximum atomic E-state index is 12.7. The molecule has 2 fully saturated rings. The third kappa shape index (κ3) is 3.94. The van der Waals surface area contributed by atoms with Gasteiger partial charge in [-0.1, -0.05) is 12.1 Å². The highest BCUT2D eigenvalue weighted by molar-refractivity contribution is 6.19. The number of carbonyl (C=O) groups is 4. The van der Waals surface area contributed by atoms with Gasteiger partial charge in [0, 0.05) is 43.5 Å². The van der Waals surface area contributed by atoms with Crippen LogP contribution in [0, 0.1) is 23.0 Å². The van der Waals surface area contributed by atoms with Gasteiger partial charge < -0.3 is 9.64 Å². The van der Waals surface area contributed by atoms with Crippen molar-refractivity contribution in [3.05, 3.63) is 58.1 Å². The van der Waals surface area contributed by atoms with Gasteiger partial charge in [-0.2, -0.15) is 0 Å². The van der Waals surface area contributed by atoms with E-state index in [1.165, 1.54) is 23.1 Å². The lowest BCUT2D eigenvalue weighted by Crippen LogP contribution is -2.29. The number of esters is 1. The van der Waals surface area contributed by atoms with Crippen LogP contribution in [0.4, 0.5) is 17.1 Å². The van der Waals surface area contributed by atoms with Crippen LogP contribution in [0.1, 0.15) is 24.8 Å². The van der Waals surface area contributed by atoms with Crippen molar-refractivity contribution in [3.63, 3.8) is 0 Å². The fourth-order valence-corrected chi connectivity index (χ4v) is 3.83.